The lowest BCUT2D eigenvalue weighted by molar-refractivity contribution is 0.416. The fourth-order valence-electron chi connectivity index (χ4n) is 1.66. The van der Waals surface area contributed by atoms with Crippen LogP contribution in [-0.4, -0.2) is 7.11 Å². The molecule has 0 aliphatic rings. The van der Waals surface area contributed by atoms with Crippen molar-refractivity contribution in [3.05, 3.63) is 50.7 Å². The molecule has 0 spiro atoms. The molecule has 0 amide bonds. The van der Waals surface area contributed by atoms with E-state index < -0.39 is 5.82 Å². The van der Waals surface area contributed by atoms with E-state index in [1.165, 1.54) is 6.07 Å². The summed E-state index contributed by atoms with van der Waals surface area (Å²) in [6.45, 7) is 0. The Balaban J connectivity index is 2.43. The molecule has 0 bridgehead atoms. The number of rotatable bonds is 3. The van der Waals surface area contributed by atoms with Gasteiger partial charge in [-0.25, -0.2) is 4.39 Å². The number of halogens is 3. The number of hydrogen-bond acceptors (Lipinski definition) is 3. The molecule has 2 aromatic rings. The minimum Gasteiger partial charge on any atom is -0.495 e. The molecule has 0 aliphatic heterocycles. The van der Waals surface area contributed by atoms with Crippen LogP contribution in [0, 0.1) is 17.1 Å². The van der Waals surface area contributed by atoms with Crippen molar-refractivity contribution in [2.45, 2.75) is 0 Å². The minimum atomic E-state index is -0.522. The molecular weight excluding hydrogens is 391 g/mol. The molecule has 0 radical (unpaired) electrons. The van der Waals surface area contributed by atoms with E-state index in [1.54, 1.807) is 25.3 Å². The molecule has 2 aromatic carbocycles. The molecule has 0 heterocycles. The number of anilines is 2. The van der Waals surface area contributed by atoms with Gasteiger partial charge in [0, 0.05) is 4.47 Å². The zero-order chi connectivity index (χ0) is 14.7. The van der Waals surface area contributed by atoms with Crippen LogP contribution in [0.25, 0.3) is 0 Å². The zero-order valence-electron chi connectivity index (χ0n) is 10.4. The van der Waals surface area contributed by atoms with Gasteiger partial charge in [-0.2, -0.15) is 5.26 Å². The number of ether oxygens (including phenoxy) is 1. The van der Waals surface area contributed by atoms with Crippen LogP contribution in [0.4, 0.5) is 15.8 Å². The first-order chi connectivity index (χ1) is 9.56. The molecule has 0 atom stereocenters. The van der Waals surface area contributed by atoms with Crippen molar-refractivity contribution in [2.75, 3.05) is 12.4 Å². The van der Waals surface area contributed by atoms with Crippen molar-refractivity contribution in [1.29, 1.82) is 5.26 Å². The van der Waals surface area contributed by atoms with Gasteiger partial charge in [0.25, 0.3) is 0 Å². The summed E-state index contributed by atoms with van der Waals surface area (Å²) >= 11 is 6.43. The van der Waals surface area contributed by atoms with E-state index >= 15 is 0 Å². The molecule has 1 N–H and O–H groups in total. The molecule has 0 aromatic heterocycles. The number of benzene rings is 2. The molecule has 0 saturated carbocycles. The summed E-state index contributed by atoms with van der Waals surface area (Å²) in [5, 5.41) is 11.8. The number of nitrogens with zero attached hydrogens (tertiary/aromatic N) is 1. The number of hydrogen-bond donors (Lipinski definition) is 1. The molecule has 0 aliphatic carbocycles. The topological polar surface area (TPSA) is 45.0 Å². The van der Waals surface area contributed by atoms with Gasteiger partial charge in [0.1, 0.15) is 11.8 Å². The predicted octanol–water partition coefficient (Wildman–Crippen LogP) is 4.97. The normalized spacial score (nSPS) is 9.95. The Morgan fingerprint density at radius 3 is 2.60 bits per heavy atom. The highest BCUT2D eigenvalue weighted by Gasteiger charge is 2.13. The van der Waals surface area contributed by atoms with Crippen molar-refractivity contribution in [3.8, 4) is 11.8 Å². The number of nitrogens with one attached hydrogen (secondary N) is 1. The Hall–Kier alpha value is -1.58. The van der Waals surface area contributed by atoms with E-state index in [9.17, 15) is 4.39 Å². The molecule has 0 fully saturated rings. The summed E-state index contributed by atoms with van der Waals surface area (Å²) in [4.78, 5) is 0. The molecule has 3 nitrogen and oxygen atoms in total. The first-order valence-electron chi connectivity index (χ1n) is 5.55. The van der Waals surface area contributed by atoms with Gasteiger partial charge >= 0.3 is 0 Å². The SMILES string of the molecule is COc1ccc(Br)cc1Nc1ccc(C#N)c(Br)c1F. The second-order valence-corrected chi connectivity index (χ2v) is 5.58. The quantitative estimate of drug-likeness (QED) is 0.791. The molecule has 2 rings (SSSR count). The van der Waals surface area contributed by atoms with Gasteiger partial charge in [-0.1, -0.05) is 15.9 Å². The van der Waals surface area contributed by atoms with Crippen molar-refractivity contribution in [1.82, 2.24) is 0 Å². The predicted molar refractivity (Wildman–Crippen MR) is 82.8 cm³/mol. The standard InChI is InChI=1S/C14H9Br2FN2O/c1-20-12-5-3-9(15)6-11(12)19-10-4-2-8(7-18)13(16)14(10)17/h2-6,19H,1H3. The average Bonchev–Trinajstić information content (AvgIpc) is 2.44. The summed E-state index contributed by atoms with van der Waals surface area (Å²) < 4.78 is 20.4. The van der Waals surface area contributed by atoms with Crippen LogP contribution in [0.15, 0.2) is 39.3 Å². The Morgan fingerprint density at radius 1 is 1.20 bits per heavy atom. The summed E-state index contributed by atoms with van der Waals surface area (Å²) in [5.41, 5.74) is 1.12. The molecule has 20 heavy (non-hydrogen) atoms. The average molecular weight is 400 g/mol. The molecule has 102 valence electrons. The second-order valence-electron chi connectivity index (χ2n) is 3.87. The van der Waals surface area contributed by atoms with Gasteiger partial charge < -0.3 is 10.1 Å². The van der Waals surface area contributed by atoms with Gasteiger partial charge in [-0.05, 0) is 46.3 Å². The first-order valence-corrected chi connectivity index (χ1v) is 7.14. The Labute approximate surface area is 132 Å². The second kappa shape index (κ2) is 6.25. The van der Waals surface area contributed by atoms with Crippen LogP contribution >= 0.6 is 31.9 Å². The monoisotopic (exact) mass is 398 g/mol. The van der Waals surface area contributed by atoms with Crippen molar-refractivity contribution in [3.63, 3.8) is 0 Å². The fourth-order valence-corrected chi connectivity index (χ4v) is 2.45. The Morgan fingerprint density at radius 2 is 1.95 bits per heavy atom. The first kappa shape index (κ1) is 14.8. The molecule has 0 unspecified atom stereocenters. The van der Waals surface area contributed by atoms with Crippen molar-refractivity contribution < 1.29 is 9.13 Å². The smallest absolute Gasteiger partial charge is 0.162 e. The van der Waals surface area contributed by atoms with E-state index in [4.69, 9.17) is 10.00 Å². The van der Waals surface area contributed by atoms with Crippen LogP contribution in [-0.2, 0) is 0 Å². The van der Waals surface area contributed by atoms with Gasteiger partial charge in [0.05, 0.1) is 28.5 Å². The molecule has 6 heteroatoms. The summed E-state index contributed by atoms with van der Waals surface area (Å²) in [7, 11) is 1.54. The molecular formula is C14H9Br2FN2O. The fraction of sp³-hybridized carbons (Fsp3) is 0.0714. The lowest BCUT2D eigenvalue weighted by Crippen LogP contribution is -1.98. The highest BCUT2D eigenvalue weighted by molar-refractivity contribution is 9.10. The lowest BCUT2D eigenvalue weighted by atomic mass is 10.2. The van der Waals surface area contributed by atoms with Crippen molar-refractivity contribution >= 4 is 43.2 Å². The minimum absolute atomic E-state index is 0.138. The maximum Gasteiger partial charge on any atom is 0.162 e. The van der Waals surface area contributed by atoms with Gasteiger partial charge in [0.15, 0.2) is 5.82 Å². The Kier molecular flexibility index (Phi) is 4.63. The Bertz CT molecular complexity index is 698. The van der Waals surface area contributed by atoms with Crippen LogP contribution < -0.4 is 10.1 Å². The maximum absolute atomic E-state index is 14.2. The largest absolute Gasteiger partial charge is 0.495 e. The number of nitriles is 1. The summed E-state index contributed by atoms with van der Waals surface area (Å²) in [5.74, 6) is 0.0687. The van der Waals surface area contributed by atoms with E-state index in [1.807, 2.05) is 12.1 Å². The van der Waals surface area contributed by atoms with Gasteiger partial charge in [0.2, 0.25) is 0 Å². The maximum atomic E-state index is 14.2. The number of methoxy groups -OCH3 is 1. The van der Waals surface area contributed by atoms with Gasteiger partial charge in [-0.3, -0.25) is 0 Å². The molecule has 0 saturated heterocycles. The highest BCUT2D eigenvalue weighted by Crippen LogP contribution is 2.34. The third kappa shape index (κ3) is 2.94. The van der Waals surface area contributed by atoms with E-state index in [2.05, 4.69) is 37.2 Å². The van der Waals surface area contributed by atoms with Crippen LogP contribution in [0.2, 0.25) is 0 Å². The van der Waals surface area contributed by atoms with E-state index in [0.29, 0.717) is 11.4 Å². The lowest BCUT2D eigenvalue weighted by Gasteiger charge is -2.13. The van der Waals surface area contributed by atoms with Gasteiger partial charge in [-0.15, -0.1) is 0 Å². The third-order valence-electron chi connectivity index (χ3n) is 2.63. The zero-order valence-corrected chi connectivity index (χ0v) is 13.5. The third-order valence-corrected chi connectivity index (χ3v) is 3.90. The van der Waals surface area contributed by atoms with E-state index in [-0.39, 0.29) is 15.7 Å². The summed E-state index contributed by atoms with van der Waals surface area (Å²) in [6.07, 6.45) is 0. The van der Waals surface area contributed by atoms with E-state index in [0.717, 1.165) is 4.47 Å². The van der Waals surface area contributed by atoms with Crippen molar-refractivity contribution in [2.24, 2.45) is 0 Å². The van der Waals surface area contributed by atoms with Crippen LogP contribution in [0.5, 0.6) is 5.75 Å². The van der Waals surface area contributed by atoms with Crippen LogP contribution in [0.3, 0.4) is 0 Å². The van der Waals surface area contributed by atoms with Crippen LogP contribution in [0.1, 0.15) is 5.56 Å². The highest BCUT2D eigenvalue weighted by atomic mass is 79.9. The summed E-state index contributed by atoms with van der Waals surface area (Å²) in [6, 6.07) is 10.3.